The van der Waals surface area contributed by atoms with Crippen molar-refractivity contribution in [2.45, 2.75) is 6.11 Å². The van der Waals surface area contributed by atoms with Crippen molar-refractivity contribution in [1.29, 1.82) is 0 Å². The number of benzene rings is 2. The molecular weight excluding hydrogens is 356 g/mol. The first kappa shape index (κ1) is 15.5. The van der Waals surface area contributed by atoms with Crippen LogP contribution in [0.15, 0.2) is 46.9 Å². The van der Waals surface area contributed by atoms with E-state index >= 15 is 0 Å². The summed E-state index contributed by atoms with van der Waals surface area (Å²) in [7, 11) is 0. The molecule has 0 radical (unpaired) electrons. The van der Waals surface area contributed by atoms with E-state index in [-0.39, 0.29) is 5.75 Å². The van der Waals surface area contributed by atoms with Crippen LogP contribution in [0.25, 0.3) is 0 Å². The Labute approximate surface area is 125 Å². The summed E-state index contributed by atoms with van der Waals surface area (Å²) in [5, 5.41) is 0. The average Bonchev–Trinajstić information content (AvgIpc) is 2.40. The summed E-state index contributed by atoms with van der Waals surface area (Å²) < 4.78 is 58.5. The van der Waals surface area contributed by atoms with Gasteiger partial charge in [-0.15, -0.1) is 0 Å². The Balaban J connectivity index is 2.25. The number of ether oxygens (including phenoxy) is 1. The van der Waals surface area contributed by atoms with Crippen molar-refractivity contribution in [3.63, 3.8) is 0 Å². The van der Waals surface area contributed by atoms with Crippen molar-refractivity contribution in [2.24, 2.45) is 0 Å². The quantitative estimate of drug-likeness (QED) is 0.587. The topological polar surface area (TPSA) is 26.3 Å². The lowest BCUT2D eigenvalue weighted by Gasteiger charge is -2.17. The van der Waals surface area contributed by atoms with Gasteiger partial charge in [-0.1, -0.05) is 15.9 Å². The fourth-order valence-corrected chi connectivity index (χ4v) is 1.79. The average molecular weight is 363 g/mol. The molecule has 0 unspecified atom stereocenters. The van der Waals surface area contributed by atoms with Gasteiger partial charge in [0, 0.05) is 10.5 Å². The maximum absolute atomic E-state index is 13.7. The predicted molar refractivity (Wildman–Crippen MR) is 70.4 cm³/mol. The first-order chi connectivity index (χ1) is 9.79. The van der Waals surface area contributed by atoms with E-state index < -0.39 is 29.1 Å². The van der Waals surface area contributed by atoms with Gasteiger partial charge in [0.25, 0.3) is 5.78 Å². The molecule has 110 valence electrons. The Kier molecular flexibility index (Phi) is 4.32. The second kappa shape index (κ2) is 5.85. The van der Waals surface area contributed by atoms with Crippen molar-refractivity contribution >= 4 is 21.7 Å². The van der Waals surface area contributed by atoms with Crippen LogP contribution in [0.2, 0.25) is 0 Å². The lowest BCUT2D eigenvalue weighted by atomic mass is 10.1. The van der Waals surface area contributed by atoms with Gasteiger partial charge in [0.05, 0.1) is 5.56 Å². The van der Waals surface area contributed by atoms with E-state index in [1.54, 1.807) is 0 Å². The van der Waals surface area contributed by atoms with E-state index in [0.29, 0.717) is 22.7 Å². The normalized spacial score (nSPS) is 11.3. The van der Waals surface area contributed by atoms with E-state index in [1.165, 1.54) is 24.3 Å². The van der Waals surface area contributed by atoms with Crippen LogP contribution in [0.4, 0.5) is 17.6 Å². The number of carbonyl (C=O) groups excluding carboxylic acids is 1. The summed E-state index contributed by atoms with van der Waals surface area (Å²) in [6, 6.07) is 7.02. The Morgan fingerprint density at radius 2 is 1.67 bits per heavy atom. The van der Waals surface area contributed by atoms with Crippen LogP contribution in [-0.4, -0.2) is 11.9 Å². The van der Waals surface area contributed by atoms with Gasteiger partial charge in [-0.25, -0.2) is 8.78 Å². The SMILES string of the molecule is O=C(c1ccc(F)cc1F)C(F)(F)Oc1ccc(Br)cc1. The molecule has 2 nitrogen and oxygen atoms in total. The molecule has 2 aromatic rings. The highest BCUT2D eigenvalue weighted by Gasteiger charge is 2.43. The maximum atomic E-state index is 13.7. The zero-order valence-corrected chi connectivity index (χ0v) is 11.8. The van der Waals surface area contributed by atoms with Gasteiger partial charge in [0.2, 0.25) is 0 Å². The minimum absolute atomic E-state index is 0.265. The smallest absolute Gasteiger partial charge is 0.426 e. The molecule has 2 aromatic carbocycles. The van der Waals surface area contributed by atoms with E-state index in [4.69, 9.17) is 0 Å². The fourth-order valence-electron chi connectivity index (χ4n) is 1.53. The van der Waals surface area contributed by atoms with Crippen LogP contribution in [0.3, 0.4) is 0 Å². The van der Waals surface area contributed by atoms with Gasteiger partial charge in [0.1, 0.15) is 17.4 Å². The zero-order chi connectivity index (χ0) is 15.6. The molecule has 0 spiro atoms. The first-order valence-electron chi connectivity index (χ1n) is 5.62. The molecule has 0 saturated carbocycles. The zero-order valence-electron chi connectivity index (χ0n) is 10.2. The van der Waals surface area contributed by atoms with Gasteiger partial charge in [-0.2, -0.15) is 8.78 Å². The Bertz CT molecular complexity index is 671. The van der Waals surface area contributed by atoms with E-state index in [9.17, 15) is 22.4 Å². The summed E-state index contributed by atoms with van der Waals surface area (Å²) in [5.74, 6) is -4.50. The number of hydrogen-bond donors (Lipinski definition) is 0. The van der Waals surface area contributed by atoms with Crippen molar-refractivity contribution in [1.82, 2.24) is 0 Å². The highest BCUT2D eigenvalue weighted by Crippen LogP contribution is 2.27. The molecule has 0 aliphatic rings. The van der Waals surface area contributed by atoms with Crippen LogP contribution in [-0.2, 0) is 0 Å². The highest BCUT2D eigenvalue weighted by molar-refractivity contribution is 9.10. The fraction of sp³-hybridized carbons (Fsp3) is 0.0714. The minimum atomic E-state index is -4.27. The third kappa shape index (κ3) is 3.60. The molecular formula is C14H7BrF4O2. The summed E-state index contributed by atoms with van der Waals surface area (Å²) in [4.78, 5) is 11.6. The Morgan fingerprint density at radius 3 is 2.24 bits per heavy atom. The Morgan fingerprint density at radius 1 is 1.05 bits per heavy atom. The molecule has 0 bridgehead atoms. The second-order valence-corrected chi connectivity index (χ2v) is 4.94. The molecule has 0 atom stereocenters. The monoisotopic (exact) mass is 362 g/mol. The van der Waals surface area contributed by atoms with Crippen LogP contribution in [0.1, 0.15) is 10.4 Å². The molecule has 0 amide bonds. The number of rotatable bonds is 4. The van der Waals surface area contributed by atoms with E-state index in [0.717, 1.165) is 0 Å². The predicted octanol–water partition coefficient (Wildman–Crippen LogP) is 4.58. The highest BCUT2D eigenvalue weighted by atomic mass is 79.9. The number of halogens is 5. The maximum Gasteiger partial charge on any atom is 0.466 e. The molecule has 0 saturated heterocycles. The molecule has 0 aromatic heterocycles. The number of carbonyl (C=O) groups is 1. The molecule has 0 fully saturated rings. The van der Waals surface area contributed by atoms with Crippen LogP contribution >= 0.6 is 15.9 Å². The van der Waals surface area contributed by atoms with Crippen LogP contribution in [0, 0.1) is 11.6 Å². The molecule has 21 heavy (non-hydrogen) atoms. The van der Waals surface area contributed by atoms with Crippen molar-refractivity contribution < 1.29 is 27.1 Å². The summed E-state index contributed by atoms with van der Waals surface area (Å²) in [5.41, 5.74) is -0.946. The number of hydrogen-bond acceptors (Lipinski definition) is 2. The van der Waals surface area contributed by atoms with Gasteiger partial charge >= 0.3 is 6.11 Å². The largest absolute Gasteiger partial charge is 0.466 e. The lowest BCUT2D eigenvalue weighted by Crippen LogP contribution is -2.35. The van der Waals surface area contributed by atoms with Gasteiger partial charge < -0.3 is 4.74 Å². The van der Waals surface area contributed by atoms with Crippen molar-refractivity contribution in [3.8, 4) is 5.75 Å². The number of Topliss-reactive ketones (excluding diaryl/α,β-unsaturated/α-hetero) is 1. The third-order valence-corrected chi connectivity index (χ3v) is 3.03. The first-order valence-corrected chi connectivity index (χ1v) is 6.41. The van der Waals surface area contributed by atoms with Crippen molar-refractivity contribution in [3.05, 3.63) is 64.1 Å². The third-order valence-electron chi connectivity index (χ3n) is 2.50. The van der Waals surface area contributed by atoms with Gasteiger partial charge in [0.15, 0.2) is 0 Å². The van der Waals surface area contributed by atoms with E-state index in [1.807, 2.05) is 0 Å². The summed E-state index contributed by atoms with van der Waals surface area (Å²) in [6.07, 6.45) is -4.27. The second-order valence-electron chi connectivity index (χ2n) is 4.03. The number of ketones is 1. The van der Waals surface area contributed by atoms with Crippen LogP contribution < -0.4 is 4.74 Å². The molecule has 7 heteroatoms. The van der Waals surface area contributed by atoms with E-state index in [2.05, 4.69) is 20.7 Å². The molecule has 0 N–H and O–H groups in total. The molecule has 0 heterocycles. The Hall–Kier alpha value is -1.89. The molecule has 0 aliphatic carbocycles. The van der Waals surface area contributed by atoms with Crippen molar-refractivity contribution in [2.75, 3.05) is 0 Å². The lowest BCUT2D eigenvalue weighted by molar-refractivity contribution is -0.134. The molecule has 2 rings (SSSR count). The summed E-state index contributed by atoms with van der Waals surface area (Å²) in [6.45, 7) is 0. The van der Waals surface area contributed by atoms with Gasteiger partial charge in [-0.3, -0.25) is 4.79 Å². The molecule has 0 aliphatic heterocycles. The van der Waals surface area contributed by atoms with Gasteiger partial charge in [-0.05, 0) is 36.4 Å². The number of alkyl halides is 2. The standard InChI is InChI=1S/C14H7BrF4O2/c15-8-1-4-10(5-2-8)21-14(18,19)13(20)11-6-3-9(16)7-12(11)17/h1-7H. The summed E-state index contributed by atoms with van der Waals surface area (Å²) >= 11 is 3.11. The minimum Gasteiger partial charge on any atom is -0.426 e. The van der Waals surface area contributed by atoms with Crippen LogP contribution in [0.5, 0.6) is 5.75 Å².